The van der Waals surface area contributed by atoms with Crippen LogP contribution in [0.1, 0.15) is 6.92 Å². The van der Waals surface area contributed by atoms with Crippen LogP contribution in [0.4, 0.5) is 17.2 Å². The first kappa shape index (κ1) is 29.8. The summed E-state index contributed by atoms with van der Waals surface area (Å²) in [6.07, 6.45) is 1.52. The van der Waals surface area contributed by atoms with E-state index < -0.39 is 0 Å². The number of carbonyl (C=O) groups is 2. The Hall–Kier alpha value is -3.16. The number of hydrogen-bond acceptors (Lipinski definition) is 10. The predicted molar refractivity (Wildman–Crippen MR) is 161 cm³/mol. The Morgan fingerprint density at radius 3 is 2.17 bits per heavy atom. The molecule has 214 valence electrons. The standard InChI is InChI=1S/C28H37BrN8O3/c1-2-40-27(39)19-37-15-11-30-9-13-36(14-10-31-12-16-37)18-26(38)34-23-7-8-24-25(17-23)32-20-33-28(24)35-22-5-3-21(29)4-6-22/h3-8,17,20,30-31H,2,9-16,18-19H2,1H3,(H,34,38)(H,32,33,35). The Morgan fingerprint density at radius 2 is 1.52 bits per heavy atom. The molecule has 0 unspecified atom stereocenters. The van der Waals surface area contributed by atoms with Gasteiger partial charge >= 0.3 is 5.97 Å². The van der Waals surface area contributed by atoms with Gasteiger partial charge in [0.05, 0.1) is 25.2 Å². The Morgan fingerprint density at radius 1 is 0.900 bits per heavy atom. The lowest BCUT2D eigenvalue weighted by Crippen LogP contribution is -2.46. The maximum absolute atomic E-state index is 12.9. The molecule has 0 radical (unpaired) electrons. The fraction of sp³-hybridized carbons (Fsp3) is 0.429. The fourth-order valence-electron chi connectivity index (χ4n) is 4.44. The van der Waals surface area contributed by atoms with Gasteiger partial charge in [0.25, 0.3) is 0 Å². The van der Waals surface area contributed by atoms with Crippen molar-refractivity contribution in [1.82, 2.24) is 30.4 Å². The van der Waals surface area contributed by atoms with Gasteiger partial charge in [0.2, 0.25) is 5.91 Å². The minimum atomic E-state index is -0.191. The minimum Gasteiger partial charge on any atom is -0.465 e. The van der Waals surface area contributed by atoms with E-state index in [1.54, 1.807) is 0 Å². The molecule has 2 heterocycles. The molecule has 0 aliphatic carbocycles. The zero-order valence-corrected chi connectivity index (χ0v) is 24.4. The molecule has 1 aliphatic heterocycles. The summed E-state index contributed by atoms with van der Waals surface area (Å²) in [5.74, 6) is 0.436. The van der Waals surface area contributed by atoms with E-state index in [1.807, 2.05) is 49.4 Å². The van der Waals surface area contributed by atoms with Crippen LogP contribution in [0.25, 0.3) is 10.9 Å². The number of aromatic nitrogens is 2. The largest absolute Gasteiger partial charge is 0.465 e. The molecule has 1 fully saturated rings. The normalized spacial score (nSPS) is 16.1. The highest BCUT2D eigenvalue weighted by atomic mass is 79.9. The van der Waals surface area contributed by atoms with Gasteiger partial charge in [-0.3, -0.25) is 19.4 Å². The predicted octanol–water partition coefficient (Wildman–Crippen LogP) is 2.43. The number of ether oxygens (including phenoxy) is 1. The number of halogens is 1. The number of fused-ring (bicyclic) bond motifs is 1. The Labute approximate surface area is 243 Å². The van der Waals surface area contributed by atoms with Crippen molar-refractivity contribution in [2.75, 3.05) is 82.7 Å². The first-order chi connectivity index (χ1) is 19.5. The first-order valence-corrected chi connectivity index (χ1v) is 14.4. The van der Waals surface area contributed by atoms with Crippen molar-refractivity contribution >= 4 is 55.9 Å². The molecular formula is C28H37BrN8O3. The number of esters is 1. The van der Waals surface area contributed by atoms with Crippen molar-refractivity contribution in [3.8, 4) is 0 Å². The summed E-state index contributed by atoms with van der Waals surface area (Å²) < 4.78 is 6.09. The highest BCUT2D eigenvalue weighted by molar-refractivity contribution is 9.10. The fourth-order valence-corrected chi connectivity index (χ4v) is 4.70. The second-order valence-electron chi connectivity index (χ2n) is 9.49. The summed E-state index contributed by atoms with van der Waals surface area (Å²) in [6.45, 7) is 8.82. The average Bonchev–Trinajstić information content (AvgIpc) is 2.92. The molecule has 0 bridgehead atoms. The van der Waals surface area contributed by atoms with Crippen LogP contribution in [-0.2, 0) is 14.3 Å². The van der Waals surface area contributed by atoms with Gasteiger partial charge in [0.15, 0.2) is 0 Å². The number of carbonyl (C=O) groups excluding carboxylic acids is 2. The van der Waals surface area contributed by atoms with Crippen molar-refractivity contribution < 1.29 is 14.3 Å². The van der Waals surface area contributed by atoms with Gasteiger partial charge in [0.1, 0.15) is 12.1 Å². The third kappa shape index (κ3) is 9.49. The highest BCUT2D eigenvalue weighted by Crippen LogP contribution is 2.26. The number of hydrogen-bond donors (Lipinski definition) is 4. The molecule has 0 spiro atoms. The summed E-state index contributed by atoms with van der Waals surface area (Å²) >= 11 is 3.45. The summed E-state index contributed by atoms with van der Waals surface area (Å²) in [7, 11) is 0. The maximum atomic E-state index is 12.9. The van der Waals surface area contributed by atoms with Crippen LogP contribution >= 0.6 is 15.9 Å². The first-order valence-electron chi connectivity index (χ1n) is 13.6. The Kier molecular flexibility index (Phi) is 11.6. The van der Waals surface area contributed by atoms with Gasteiger partial charge in [-0.05, 0) is 49.4 Å². The van der Waals surface area contributed by atoms with Crippen LogP contribution in [-0.4, -0.2) is 104 Å². The van der Waals surface area contributed by atoms with Crippen LogP contribution in [0.3, 0.4) is 0 Å². The van der Waals surface area contributed by atoms with E-state index in [9.17, 15) is 9.59 Å². The van der Waals surface area contributed by atoms with E-state index in [4.69, 9.17) is 4.74 Å². The van der Waals surface area contributed by atoms with Gasteiger partial charge in [0, 0.05) is 73.6 Å². The molecule has 11 nitrogen and oxygen atoms in total. The van der Waals surface area contributed by atoms with Crippen LogP contribution in [0, 0.1) is 0 Å². The molecule has 1 saturated heterocycles. The van der Waals surface area contributed by atoms with E-state index in [-0.39, 0.29) is 18.4 Å². The van der Waals surface area contributed by atoms with Crippen molar-refractivity contribution in [2.45, 2.75) is 6.92 Å². The summed E-state index contributed by atoms with van der Waals surface area (Å²) in [4.78, 5) is 37.8. The van der Waals surface area contributed by atoms with E-state index in [1.165, 1.54) is 6.33 Å². The second-order valence-corrected chi connectivity index (χ2v) is 10.4. The number of benzene rings is 2. The quantitative estimate of drug-likeness (QED) is 0.282. The van der Waals surface area contributed by atoms with Crippen molar-refractivity contribution in [3.63, 3.8) is 0 Å². The van der Waals surface area contributed by atoms with Crippen LogP contribution in [0.15, 0.2) is 53.3 Å². The molecule has 1 aliphatic rings. The molecule has 1 aromatic heterocycles. The molecule has 0 atom stereocenters. The smallest absolute Gasteiger partial charge is 0.320 e. The van der Waals surface area contributed by atoms with Gasteiger partial charge in [-0.2, -0.15) is 0 Å². The van der Waals surface area contributed by atoms with Crippen molar-refractivity contribution in [2.24, 2.45) is 0 Å². The Bertz CT molecular complexity index is 1250. The topological polar surface area (TPSA) is 124 Å². The molecule has 0 saturated carbocycles. The van der Waals surface area contributed by atoms with E-state index in [0.717, 1.165) is 73.4 Å². The minimum absolute atomic E-state index is 0.0747. The van der Waals surface area contributed by atoms with E-state index in [0.29, 0.717) is 24.7 Å². The number of nitrogens with zero attached hydrogens (tertiary/aromatic N) is 4. The lowest BCUT2D eigenvalue weighted by Gasteiger charge is -2.26. The lowest BCUT2D eigenvalue weighted by atomic mass is 10.2. The maximum Gasteiger partial charge on any atom is 0.320 e. The number of anilines is 3. The van der Waals surface area contributed by atoms with Crippen LogP contribution < -0.4 is 21.3 Å². The second kappa shape index (κ2) is 15.6. The molecule has 1 amide bonds. The van der Waals surface area contributed by atoms with Gasteiger partial charge < -0.3 is 26.0 Å². The zero-order chi connectivity index (χ0) is 28.2. The number of nitrogens with one attached hydrogen (secondary N) is 4. The SMILES string of the molecule is CCOC(=O)CN1CCNCCN(CC(=O)Nc2ccc3c(Nc4ccc(Br)cc4)ncnc3c2)CCNCC1. The van der Waals surface area contributed by atoms with Gasteiger partial charge in [-0.1, -0.05) is 15.9 Å². The number of rotatable bonds is 8. The monoisotopic (exact) mass is 612 g/mol. The third-order valence-corrected chi connectivity index (χ3v) is 7.00. The van der Waals surface area contributed by atoms with E-state index >= 15 is 0 Å². The zero-order valence-electron chi connectivity index (χ0n) is 22.8. The lowest BCUT2D eigenvalue weighted by molar-refractivity contribution is -0.144. The van der Waals surface area contributed by atoms with E-state index in [2.05, 4.69) is 57.0 Å². The number of amides is 1. The summed E-state index contributed by atoms with van der Waals surface area (Å²) in [5, 5.41) is 14.1. The van der Waals surface area contributed by atoms with Crippen LogP contribution in [0.5, 0.6) is 0 Å². The highest BCUT2D eigenvalue weighted by Gasteiger charge is 2.15. The molecule has 3 aromatic rings. The molecule has 40 heavy (non-hydrogen) atoms. The third-order valence-electron chi connectivity index (χ3n) is 6.47. The van der Waals surface area contributed by atoms with Crippen LogP contribution in [0.2, 0.25) is 0 Å². The molecule has 4 rings (SSSR count). The van der Waals surface area contributed by atoms with Gasteiger partial charge in [-0.25, -0.2) is 9.97 Å². The molecule has 2 aromatic carbocycles. The van der Waals surface area contributed by atoms with Gasteiger partial charge in [-0.15, -0.1) is 0 Å². The van der Waals surface area contributed by atoms with Crippen molar-refractivity contribution in [3.05, 3.63) is 53.3 Å². The van der Waals surface area contributed by atoms with Crippen molar-refractivity contribution in [1.29, 1.82) is 0 Å². The molecular weight excluding hydrogens is 576 g/mol. The molecule has 4 N–H and O–H groups in total. The Balaban J connectivity index is 1.29. The average molecular weight is 614 g/mol. The summed E-state index contributed by atoms with van der Waals surface area (Å²) in [6, 6.07) is 13.5. The summed E-state index contributed by atoms with van der Waals surface area (Å²) in [5.41, 5.74) is 2.35. The molecule has 12 heteroatoms.